The van der Waals surface area contributed by atoms with Gasteiger partial charge in [-0.15, -0.1) is 0 Å². The number of carbonyl (C=O) groups excluding carboxylic acids is 1. The second-order valence-corrected chi connectivity index (χ2v) is 6.59. The van der Waals surface area contributed by atoms with Crippen molar-refractivity contribution < 1.29 is 19.4 Å². The van der Waals surface area contributed by atoms with Crippen LogP contribution in [0.4, 0.5) is 0 Å². The van der Waals surface area contributed by atoms with E-state index in [9.17, 15) is 9.90 Å². The van der Waals surface area contributed by atoms with Gasteiger partial charge >= 0.3 is 0 Å². The molecule has 4 heteroatoms. The first-order valence-electron chi connectivity index (χ1n) is 7.15. The Bertz CT molecular complexity index is 501. The van der Waals surface area contributed by atoms with E-state index in [1.54, 1.807) is 13.0 Å². The lowest BCUT2D eigenvalue weighted by molar-refractivity contribution is -0.133. The molecule has 4 nitrogen and oxygen atoms in total. The summed E-state index contributed by atoms with van der Waals surface area (Å²) < 4.78 is 11.4. The maximum absolute atomic E-state index is 12.7. The minimum Gasteiger partial charge on any atom is -0.488 e. The molecule has 2 aliphatic rings. The minimum absolute atomic E-state index is 0.135. The van der Waals surface area contributed by atoms with Crippen LogP contribution in [0, 0.1) is 5.41 Å². The highest BCUT2D eigenvalue weighted by atomic mass is 16.5. The monoisotopic (exact) mass is 280 g/mol. The maximum Gasteiger partial charge on any atom is 0.210 e. The fourth-order valence-corrected chi connectivity index (χ4v) is 3.08. The summed E-state index contributed by atoms with van der Waals surface area (Å²) in [5, 5.41) is 11.1. The van der Waals surface area contributed by atoms with E-state index in [1.165, 1.54) is 0 Å². The van der Waals surface area contributed by atoms with Gasteiger partial charge in [-0.05, 0) is 54.0 Å². The van der Waals surface area contributed by atoms with Crippen LogP contribution in [0.1, 0.15) is 48.0 Å². The Morgan fingerprint density at radius 1 is 1.20 bits per heavy atom. The number of aliphatic hydroxyl groups is 1. The van der Waals surface area contributed by atoms with E-state index >= 15 is 0 Å². The lowest BCUT2D eigenvalue weighted by Crippen LogP contribution is -2.44. The van der Waals surface area contributed by atoms with E-state index in [1.807, 2.05) is 34.6 Å². The van der Waals surface area contributed by atoms with Crippen molar-refractivity contribution in [2.75, 3.05) is 0 Å². The average Bonchev–Trinajstić information content (AvgIpc) is 2.59. The lowest BCUT2D eigenvalue weighted by Gasteiger charge is -2.32. The molecule has 20 heavy (non-hydrogen) atoms. The number of Topliss-reactive ketones (excluding diaryl/α,β-unsaturated/α-hetero) is 1. The molecule has 0 heterocycles. The maximum atomic E-state index is 12.7. The Balaban J connectivity index is 2.55. The summed E-state index contributed by atoms with van der Waals surface area (Å²) in [6.07, 6.45) is 1.98. The zero-order valence-electron chi connectivity index (χ0n) is 13.1. The van der Waals surface area contributed by atoms with Gasteiger partial charge in [0.15, 0.2) is 11.4 Å². The molecule has 0 saturated carbocycles. The van der Waals surface area contributed by atoms with Gasteiger partial charge in [0, 0.05) is 0 Å². The van der Waals surface area contributed by atoms with Crippen molar-refractivity contribution in [1.82, 2.24) is 0 Å². The largest absolute Gasteiger partial charge is 0.488 e. The number of hydrogen-bond acceptors (Lipinski definition) is 4. The standard InChI is InChI=1S/C16H24O4/c1-9(2)19-12-13(17)15(6)7-11(5)8-16(15,18)14(12)20-10(3)4/h8-10,18H,7H2,1-6H3/t15-,16-/m0/s1. The van der Waals surface area contributed by atoms with E-state index in [0.29, 0.717) is 6.42 Å². The molecule has 2 atom stereocenters. The molecule has 0 aromatic heterocycles. The van der Waals surface area contributed by atoms with Crippen molar-refractivity contribution in [3.8, 4) is 0 Å². The molecule has 0 bridgehead atoms. The van der Waals surface area contributed by atoms with Crippen molar-refractivity contribution in [3.05, 3.63) is 23.2 Å². The Morgan fingerprint density at radius 2 is 1.75 bits per heavy atom. The number of ether oxygens (including phenoxy) is 2. The third kappa shape index (κ3) is 1.97. The molecule has 0 aromatic carbocycles. The summed E-state index contributed by atoms with van der Waals surface area (Å²) in [5.74, 6) is 0.283. The number of hydrogen-bond donors (Lipinski definition) is 1. The fourth-order valence-electron chi connectivity index (χ4n) is 3.08. The Labute approximate surface area is 120 Å². The van der Waals surface area contributed by atoms with Gasteiger partial charge < -0.3 is 14.6 Å². The third-order valence-electron chi connectivity index (χ3n) is 3.90. The number of allylic oxidation sites excluding steroid dienone is 2. The third-order valence-corrected chi connectivity index (χ3v) is 3.90. The minimum atomic E-state index is -1.39. The van der Waals surface area contributed by atoms with Crippen molar-refractivity contribution in [2.24, 2.45) is 5.41 Å². The summed E-state index contributed by atoms with van der Waals surface area (Å²) >= 11 is 0. The highest BCUT2D eigenvalue weighted by Gasteiger charge is 2.65. The van der Waals surface area contributed by atoms with E-state index in [0.717, 1.165) is 5.57 Å². The van der Waals surface area contributed by atoms with E-state index in [-0.39, 0.29) is 29.5 Å². The second kappa shape index (κ2) is 4.62. The van der Waals surface area contributed by atoms with Crippen molar-refractivity contribution >= 4 is 5.78 Å². The molecule has 0 saturated heterocycles. The van der Waals surface area contributed by atoms with E-state index in [2.05, 4.69) is 0 Å². The summed E-state index contributed by atoms with van der Waals surface area (Å²) in [6, 6.07) is 0. The van der Waals surface area contributed by atoms with Crippen LogP contribution in [0.15, 0.2) is 23.2 Å². The van der Waals surface area contributed by atoms with Crippen LogP contribution in [0.3, 0.4) is 0 Å². The summed E-state index contributed by atoms with van der Waals surface area (Å²) in [6.45, 7) is 11.2. The molecule has 1 N–H and O–H groups in total. The van der Waals surface area contributed by atoms with Gasteiger partial charge in [0.1, 0.15) is 0 Å². The highest BCUT2D eigenvalue weighted by molar-refractivity contribution is 6.04. The van der Waals surface area contributed by atoms with Gasteiger partial charge in [0.25, 0.3) is 0 Å². The first-order valence-corrected chi connectivity index (χ1v) is 7.15. The molecule has 0 radical (unpaired) electrons. The molecular weight excluding hydrogens is 256 g/mol. The highest BCUT2D eigenvalue weighted by Crippen LogP contribution is 2.56. The topological polar surface area (TPSA) is 55.8 Å². The molecule has 0 aromatic rings. The second-order valence-electron chi connectivity index (χ2n) is 6.59. The van der Waals surface area contributed by atoms with Crippen LogP contribution in [0.5, 0.6) is 0 Å². The molecule has 0 amide bonds. The molecule has 112 valence electrons. The van der Waals surface area contributed by atoms with Crippen molar-refractivity contribution in [1.29, 1.82) is 0 Å². The predicted octanol–water partition coefficient (Wildman–Crippen LogP) is 2.72. The van der Waals surface area contributed by atoms with Crippen LogP contribution in [-0.4, -0.2) is 28.7 Å². The van der Waals surface area contributed by atoms with Gasteiger partial charge in [-0.25, -0.2) is 0 Å². The van der Waals surface area contributed by atoms with Gasteiger partial charge in [-0.2, -0.15) is 0 Å². The molecule has 2 aliphatic carbocycles. The first-order chi connectivity index (χ1) is 9.11. The fraction of sp³-hybridized carbons (Fsp3) is 0.688. The van der Waals surface area contributed by atoms with Gasteiger partial charge in [0.05, 0.1) is 17.6 Å². The van der Waals surface area contributed by atoms with Crippen molar-refractivity contribution in [3.63, 3.8) is 0 Å². The Morgan fingerprint density at radius 3 is 2.25 bits per heavy atom. The van der Waals surface area contributed by atoms with E-state index < -0.39 is 11.0 Å². The molecule has 0 aliphatic heterocycles. The Kier molecular flexibility index (Phi) is 3.49. The summed E-state index contributed by atoms with van der Waals surface area (Å²) in [5.41, 5.74) is -1.30. The zero-order chi connectivity index (χ0) is 15.3. The number of rotatable bonds is 4. The summed E-state index contributed by atoms with van der Waals surface area (Å²) in [4.78, 5) is 12.7. The normalized spacial score (nSPS) is 33.0. The number of fused-ring (bicyclic) bond motifs is 1. The average molecular weight is 280 g/mol. The lowest BCUT2D eigenvalue weighted by atomic mass is 9.76. The van der Waals surface area contributed by atoms with Gasteiger partial charge in [-0.1, -0.05) is 5.57 Å². The zero-order valence-corrected chi connectivity index (χ0v) is 13.1. The van der Waals surface area contributed by atoms with Crippen LogP contribution < -0.4 is 0 Å². The van der Waals surface area contributed by atoms with Gasteiger partial charge in [-0.3, -0.25) is 4.79 Å². The first kappa shape index (κ1) is 15.1. The smallest absolute Gasteiger partial charge is 0.210 e. The summed E-state index contributed by atoms with van der Waals surface area (Å²) in [7, 11) is 0. The number of carbonyl (C=O) groups is 1. The number of ketones is 1. The molecular formula is C16H24O4. The van der Waals surface area contributed by atoms with Crippen LogP contribution in [0.25, 0.3) is 0 Å². The quantitative estimate of drug-likeness (QED) is 0.804. The van der Waals surface area contributed by atoms with Crippen LogP contribution >= 0.6 is 0 Å². The predicted molar refractivity (Wildman–Crippen MR) is 75.9 cm³/mol. The molecule has 0 spiro atoms. The van der Waals surface area contributed by atoms with Crippen LogP contribution in [0.2, 0.25) is 0 Å². The SMILES string of the molecule is CC1=C[C@]2(O)C(OC(C)C)=C(OC(C)C)C(=O)[C@]2(C)C1. The molecule has 0 fully saturated rings. The van der Waals surface area contributed by atoms with Gasteiger partial charge in [0.2, 0.25) is 11.5 Å². The Hall–Kier alpha value is -1.29. The van der Waals surface area contributed by atoms with E-state index in [4.69, 9.17) is 9.47 Å². The molecule has 2 rings (SSSR count). The van der Waals surface area contributed by atoms with Crippen LogP contribution in [-0.2, 0) is 14.3 Å². The molecule has 0 unspecified atom stereocenters. The van der Waals surface area contributed by atoms with Crippen molar-refractivity contribution in [2.45, 2.75) is 65.8 Å².